The lowest BCUT2D eigenvalue weighted by molar-refractivity contribution is 0.0629. The van der Waals surface area contributed by atoms with Gasteiger partial charge in [-0.15, -0.1) is 0 Å². The van der Waals surface area contributed by atoms with Crippen molar-refractivity contribution in [1.29, 1.82) is 0 Å². The molecule has 1 atom stereocenters. The second-order valence-corrected chi connectivity index (χ2v) is 5.73. The van der Waals surface area contributed by atoms with E-state index in [4.69, 9.17) is 5.73 Å². The molecule has 18 heavy (non-hydrogen) atoms. The average Bonchev–Trinajstić information content (AvgIpc) is 2.23. The second kappa shape index (κ2) is 4.96. The first-order valence-corrected chi connectivity index (χ1v) is 5.96. The Morgan fingerprint density at radius 1 is 1.33 bits per heavy atom. The van der Waals surface area contributed by atoms with Crippen LogP contribution in [0, 0.1) is 11.2 Å². The topological polar surface area (TPSA) is 46.3 Å². The van der Waals surface area contributed by atoms with Crippen LogP contribution in [0.5, 0.6) is 0 Å². The number of benzene rings is 1. The molecule has 0 radical (unpaired) electrons. The highest BCUT2D eigenvalue weighted by Crippen LogP contribution is 2.24. The van der Waals surface area contributed by atoms with Crippen LogP contribution < -0.4 is 5.73 Å². The van der Waals surface area contributed by atoms with Gasteiger partial charge in [-0.05, 0) is 30.5 Å². The van der Waals surface area contributed by atoms with Crippen molar-refractivity contribution in [3.63, 3.8) is 0 Å². The maximum absolute atomic E-state index is 13.2. The molecule has 0 aliphatic carbocycles. The van der Waals surface area contributed by atoms with Crippen LogP contribution in [0.1, 0.15) is 38.1 Å². The Morgan fingerprint density at radius 2 is 1.89 bits per heavy atom. The fourth-order valence-corrected chi connectivity index (χ4v) is 1.70. The number of hydrogen-bond donors (Lipinski definition) is 1. The van der Waals surface area contributed by atoms with Crippen molar-refractivity contribution < 1.29 is 9.18 Å². The number of rotatable bonds is 2. The fourth-order valence-electron chi connectivity index (χ4n) is 1.70. The Balaban J connectivity index is 3.00. The first kappa shape index (κ1) is 14.5. The third kappa shape index (κ3) is 3.22. The monoisotopic (exact) mass is 252 g/mol. The first-order valence-electron chi connectivity index (χ1n) is 5.96. The van der Waals surface area contributed by atoms with Gasteiger partial charge < -0.3 is 10.6 Å². The average molecular weight is 252 g/mol. The molecule has 0 fully saturated rings. The summed E-state index contributed by atoms with van der Waals surface area (Å²) in [6, 6.07) is 3.95. The molecule has 1 amide bonds. The van der Waals surface area contributed by atoms with Gasteiger partial charge in [-0.1, -0.05) is 20.8 Å². The Morgan fingerprint density at radius 3 is 2.33 bits per heavy atom. The predicted octanol–water partition coefficient (Wildman–Crippen LogP) is 2.91. The summed E-state index contributed by atoms with van der Waals surface area (Å²) in [4.78, 5) is 13.9. The SMILES string of the molecule is CC(N(C)C(=O)c1cc(N)cc(F)c1)C(C)(C)C. The van der Waals surface area contributed by atoms with Crippen LogP contribution in [-0.2, 0) is 0 Å². The maximum Gasteiger partial charge on any atom is 0.254 e. The lowest BCUT2D eigenvalue weighted by Gasteiger charge is -2.35. The molecule has 0 spiro atoms. The third-order valence-electron chi connectivity index (χ3n) is 3.32. The standard InChI is InChI=1S/C14H21FN2O/c1-9(14(2,3)4)17(5)13(18)10-6-11(15)8-12(16)7-10/h6-9H,16H2,1-5H3. The van der Waals surface area contributed by atoms with Gasteiger partial charge in [-0.2, -0.15) is 0 Å². The molecule has 1 rings (SSSR count). The Kier molecular flexibility index (Phi) is 3.99. The summed E-state index contributed by atoms with van der Waals surface area (Å²) in [6.07, 6.45) is 0. The van der Waals surface area contributed by atoms with Crippen LogP contribution in [0.3, 0.4) is 0 Å². The molecular formula is C14H21FN2O. The molecule has 0 aromatic heterocycles. The minimum atomic E-state index is -0.491. The molecule has 1 unspecified atom stereocenters. The lowest BCUT2D eigenvalue weighted by Crippen LogP contribution is -2.43. The van der Waals surface area contributed by atoms with Gasteiger partial charge in [0.15, 0.2) is 0 Å². The van der Waals surface area contributed by atoms with Gasteiger partial charge in [0.05, 0.1) is 0 Å². The minimum Gasteiger partial charge on any atom is -0.399 e. The van der Waals surface area contributed by atoms with Crippen molar-refractivity contribution in [2.24, 2.45) is 5.41 Å². The van der Waals surface area contributed by atoms with Crippen LogP contribution in [-0.4, -0.2) is 23.9 Å². The van der Waals surface area contributed by atoms with E-state index in [1.807, 2.05) is 6.92 Å². The van der Waals surface area contributed by atoms with Crippen molar-refractivity contribution in [1.82, 2.24) is 4.90 Å². The highest BCUT2D eigenvalue weighted by molar-refractivity contribution is 5.95. The largest absolute Gasteiger partial charge is 0.399 e. The van der Waals surface area contributed by atoms with Gasteiger partial charge in [0.2, 0.25) is 0 Å². The Hall–Kier alpha value is -1.58. The van der Waals surface area contributed by atoms with E-state index in [0.29, 0.717) is 0 Å². The number of hydrogen-bond acceptors (Lipinski definition) is 2. The first-order chi connectivity index (χ1) is 8.12. The van der Waals surface area contributed by atoms with E-state index in [1.165, 1.54) is 18.2 Å². The van der Waals surface area contributed by atoms with Crippen molar-refractivity contribution in [3.05, 3.63) is 29.6 Å². The summed E-state index contributed by atoms with van der Waals surface area (Å²) < 4.78 is 13.2. The molecule has 3 nitrogen and oxygen atoms in total. The van der Waals surface area contributed by atoms with Gasteiger partial charge >= 0.3 is 0 Å². The number of nitrogens with two attached hydrogens (primary N) is 1. The maximum atomic E-state index is 13.2. The Bertz CT molecular complexity index is 431. The van der Waals surface area contributed by atoms with Crippen molar-refractivity contribution in [2.75, 3.05) is 12.8 Å². The highest BCUT2D eigenvalue weighted by Gasteiger charge is 2.27. The van der Waals surface area contributed by atoms with Gasteiger partial charge in [0.1, 0.15) is 5.82 Å². The van der Waals surface area contributed by atoms with Gasteiger partial charge in [0.25, 0.3) is 5.91 Å². The minimum absolute atomic E-state index is 0.0366. The molecule has 0 bridgehead atoms. The van der Waals surface area contributed by atoms with E-state index in [0.717, 1.165) is 0 Å². The number of carbonyl (C=O) groups is 1. The summed E-state index contributed by atoms with van der Waals surface area (Å²) in [5.41, 5.74) is 6.05. The summed E-state index contributed by atoms with van der Waals surface area (Å²) in [5.74, 6) is -0.709. The van der Waals surface area contributed by atoms with Crippen LogP contribution >= 0.6 is 0 Å². The van der Waals surface area contributed by atoms with E-state index in [-0.39, 0.29) is 28.6 Å². The molecule has 100 valence electrons. The van der Waals surface area contributed by atoms with Gasteiger partial charge in [-0.25, -0.2) is 4.39 Å². The van der Waals surface area contributed by atoms with Crippen molar-refractivity contribution in [2.45, 2.75) is 33.7 Å². The number of nitrogens with zero attached hydrogens (tertiary/aromatic N) is 1. The quantitative estimate of drug-likeness (QED) is 0.823. The summed E-state index contributed by atoms with van der Waals surface area (Å²) >= 11 is 0. The molecule has 0 aliphatic heterocycles. The molecule has 0 saturated carbocycles. The zero-order valence-electron chi connectivity index (χ0n) is 11.6. The lowest BCUT2D eigenvalue weighted by atomic mass is 9.87. The molecule has 0 aliphatic rings. The number of halogens is 1. The predicted molar refractivity (Wildman–Crippen MR) is 71.8 cm³/mol. The molecule has 0 heterocycles. The molecule has 0 saturated heterocycles. The summed E-state index contributed by atoms with van der Waals surface area (Å²) in [5, 5.41) is 0. The van der Waals surface area contributed by atoms with Gasteiger partial charge in [-0.3, -0.25) is 4.79 Å². The smallest absolute Gasteiger partial charge is 0.254 e. The van der Waals surface area contributed by atoms with E-state index in [2.05, 4.69) is 20.8 Å². The highest BCUT2D eigenvalue weighted by atomic mass is 19.1. The number of anilines is 1. The van der Waals surface area contributed by atoms with Crippen molar-refractivity contribution in [3.8, 4) is 0 Å². The molecule has 1 aromatic rings. The normalized spacial score (nSPS) is 13.2. The van der Waals surface area contributed by atoms with Crippen LogP contribution in [0.4, 0.5) is 10.1 Å². The van der Waals surface area contributed by atoms with Crippen LogP contribution in [0.2, 0.25) is 0 Å². The van der Waals surface area contributed by atoms with Crippen LogP contribution in [0.15, 0.2) is 18.2 Å². The number of nitrogen functional groups attached to an aromatic ring is 1. The third-order valence-corrected chi connectivity index (χ3v) is 3.32. The van der Waals surface area contributed by atoms with E-state index in [1.54, 1.807) is 11.9 Å². The van der Waals surface area contributed by atoms with E-state index >= 15 is 0 Å². The number of carbonyl (C=O) groups excluding carboxylic acids is 1. The zero-order valence-corrected chi connectivity index (χ0v) is 11.6. The summed E-state index contributed by atoms with van der Waals surface area (Å²) in [7, 11) is 1.72. The second-order valence-electron chi connectivity index (χ2n) is 5.73. The van der Waals surface area contributed by atoms with E-state index in [9.17, 15) is 9.18 Å². The molecule has 2 N–H and O–H groups in total. The van der Waals surface area contributed by atoms with Crippen LogP contribution in [0.25, 0.3) is 0 Å². The van der Waals surface area contributed by atoms with Gasteiger partial charge in [0, 0.05) is 24.3 Å². The molecule has 4 heteroatoms. The zero-order chi connectivity index (χ0) is 14.1. The fraction of sp³-hybridized carbons (Fsp3) is 0.500. The molecule has 1 aromatic carbocycles. The Labute approximate surface area is 108 Å². The number of amides is 1. The summed E-state index contributed by atoms with van der Waals surface area (Å²) in [6.45, 7) is 8.14. The molecular weight excluding hydrogens is 231 g/mol. The van der Waals surface area contributed by atoms with Crippen molar-refractivity contribution >= 4 is 11.6 Å². The van der Waals surface area contributed by atoms with E-state index < -0.39 is 5.82 Å².